The lowest BCUT2D eigenvalue weighted by molar-refractivity contribution is -0.180. The van der Waals surface area contributed by atoms with Crippen LogP contribution in [-0.2, 0) is 4.74 Å². The second kappa shape index (κ2) is 6.36. The molecule has 0 aromatic heterocycles. The second-order valence-corrected chi connectivity index (χ2v) is 7.02. The summed E-state index contributed by atoms with van der Waals surface area (Å²) in [5, 5.41) is 3.30. The Morgan fingerprint density at radius 1 is 1.11 bits per heavy atom. The van der Waals surface area contributed by atoms with E-state index in [1.54, 1.807) is 0 Å². The van der Waals surface area contributed by atoms with Gasteiger partial charge in [-0.1, -0.05) is 6.42 Å². The fourth-order valence-corrected chi connectivity index (χ4v) is 3.03. The maximum absolute atomic E-state index is 6.10. The summed E-state index contributed by atoms with van der Waals surface area (Å²) in [6, 6.07) is 0.641. The van der Waals surface area contributed by atoms with Gasteiger partial charge in [0.25, 0.3) is 0 Å². The quantitative estimate of drug-likeness (QED) is 0.740. The van der Waals surface area contributed by atoms with Gasteiger partial charge < -0.3 is 10.1 Å². The van der Waals surface area contributed by atoms with Crippen LogP contribution in [0.4, 0.5) is 0 Å². The minimum Gasteiger partial charge on any atom is -0.367 e. The Kier molecular flexibility index (Phi) is 5.63. The van der Waals surface area contributed by atoms with Crippen LogP contribution in [0.5, 0.6) is 0 Å². The summed E-state index contributed by atoms with van der Waals surface area (Å²) >= 11 is 0. The van der Waals surface area contributed by atoms with Gasteiger partial charge in [0.2, 0.25) is 0 Å². The topological polar surface area (TPSA) is 24.5 Å². The van der Waals surface area contributed by atoms with Gasteiger partial charge in [0.05, 0.1) is 11.2 Å². The number of hydrogen-bond acceptors (Lipinski definition) is 3. The molecule has 1 N–H and O–H groups in total. The van der Waals surface area contributed by atoms with Crippen LogP contribution in [0.3, 0.4) is 0 Å². The summed E-state index contributed by atoms with van der Waals surface area (Å²) < 4.78 is 6.10. The molecule has 0 radical (unpaired) electrons. The van der Waals surface area contributed by atoms with Gasteiger partial charge in [0.15, 0.2) is 0 Å². The van der Waals surface area contributed by atoms with Crippen molar-refractivity contribution in [1.29, 1.82) is 0 Å². The third-order valence-electron chi connectivity index (χ3n) is 3.62. The number of ether oxygens (including phenoxy) is 1. The summed E-state index contributed by atoms with van der Waals surface area (Å²) in [6.45, 7) is 14.4. The predicted molar refractivity (Wildman–Crippen MR) is 78.1 cm³/mol. The molecule has 1 rings (SSSR count). The molecule has 1 atom stereocenters. The van der Waals surface area contributed by atoms with Crippen molar-refractivity contribution < 1.29 is 4.74 Å². The van der Waals surface area contributed by atoms with E-state index in [1.165, 1.54) is 25.8 Å². The summed E-state index contributed by atoms with van der Waals surface area (Å²) in [5.74, 6) is 0. The lowest BCUT2D eigenvalue weighted by Gasteiger charge is -2.47. The van der Waals surface area contributed by atoms with Crippen molar-refractivity contribution in [2.75, 3.05) is 26.7 Å². The first-order valence-corrected chi connectivity index (χ1v) is 7.34. The number of morpholine rings is 1. The highest BCUT2D eigenvalue weighted by atomic mass is 16.5. The molecule has 18 heavy (non-hydrogen) atoms. The number of hydrogen-bond donors (Lipinski definition) is 1. The van der Waals surface area contributed by atoms with Crippen LogP contribution in [0.2, 0.25) is 0 Å². The van der Waals surface area contributed by atoms with Gasteiger partial charge in [-0.25, -0.2) is 0 Å². The van der Waals surface area contributed by atoms with Gasteiger partial charge in [0, 0.05) is 19.1 Å². The Bertz CT molecular complexity index is 235. The molecule has 0 spiro atoms. The van der Waals surface area contributed by atoms with Crippen LogP contribution in [-0.4, -0.2) is 48.8 Å². The molecule has 3 nitrogen and oxygen atoms in total. The fourth-order valence-electron chi connectivity index (χ4n) is 3.03. The van der Waals surface area contributed by atoms with E-state index in [4.69, 9.17) is 4.74 Å². The SMILES string of the molecule is CNC(C)CCCCN1CC(C)(C)OC(C)(C)C1. The first-order chi connectivity index (χ1) is 8.24. The molecule has 0 aromatic rings. The summed E-state index contributed by atoms with van der Waals surface area (Å²) in [4.78, 5) is 2.56. The molecule has 3 heteroatoms. The van der Waals surface area contributed by atoms with Crippen molar-refractivity contribution >= 4 is 0 Å². The number of nitrogens with one attached hydrogen (secondary N) is 1. The van der Waals surface area contributed by atoms with E-state index in [0.29, 0.717) is 6.04 Å². The molecular formula is C15H32N2O. The predicted octanol–water partition coefficient (Wildman–Crippen LogP) is 2.65. The van der Waals surface area contributed by atoms with Crippen molar-refractivity contribution in [2.24, 2.45) is 0 Å². The van der Waals surface area contributed by atoms with E-state index in [0.717, 1.165) is 13.1 Å². The molecule has 1 aliphatic heterocycles. The average Bonchev–Trinajstić information content (AvgIpc) is 2.19. The molecular weight excluding hydrogens is 224 g/mol. The van der Waals surface area contributed by atoms with E-state index in [2.05, 4.69) is 44.8 Å². The molecule has 0 amide bonds. The summed E-state index contributed by atoms with van der Waals surface area (Å²) in [5.41, 5.74) is -0.0277. The van der Waals surface area contributed by atoms with Gasteiger partial charge in [-0.2, -0.15) is 0 Å². The van der Waals surface area contributed by atoms with Crippen LogP contribution in [0.1, 0.15) is 53.9 Å². The van der Waals surface area contributed by atoms with E-state index in [1.807, 2.05) is 7.05 Å². The molecule has 1 unspecified atom stereocenters. The molecule has 1 heterocycles. The van der Waals surface area contributed by atoms with Crippen molar-refractivity contribution in [3.8, 4) is 0 Å². The molecule has 1 aliphatic rings. The Labute approximate surface area is 113 Å². The zero-order valence-corrected chi connectivity index (χ0v) is 13.2. The van der Waals surface area contributed by atoms with Gasteiger partial charge >= 0.3 is 0 Å². The summed E-state index contributed by atoms with van der Waals surface area (Å²) in [6.07, 6.45) is 3.87. The fraction of sp³-hybridized carbons (Fsp3) is 1.00. The van der Waals surface area contributed by atoms with Crippen LogP contribution in [0.25, 0.3) is 0 Å². The first-order valence-electron chi connectivity index (χ1n) is 7.34. The normalized spacial score (nSPS) is 25.0. The Morgan fingerprint density at radius 3 is 2.17 bits per heavy atom. The van der Waals surface area contributed by atoms with Crippen LogP contribution >= 0.6 is 0 Å². The zero-order valence-electron chi connectivity index (χ0n) is 13.2. The maximum atomic E-state index is 6.10. The Balaban J connectivity index is 2.29. The molecule has 0 saturated carbocycles. The zero-order chi connectivity index (χ0) is 13.8. The number of rotatable bonds is 6. The minimum atomic E-state index is -0.0139. The third kappa shape index (κ3) is 5.68. The van der Waals surface area contributed by atoms with Crippen LogP contribution in [0, 0.1) is 0 Å². The van der Waals surface area contributed by atoms with Crippen molar-refractivity contribution in [1.82, 2.24) is 10.2 Å². The highest BCUT2D eigenvalue weighted by molar-refractivity contribution is 4.88. The third-order valence-corrected chi connectivity index (χ3v) is 3.62. The van der Waals surface area contributed by atoms with Crippen molar-refractivity contribution in [3.05, 3.63) is 0 Å². The average molecular weight is 256 g/mol. The van der Waals surface area contributed by atoms with Crippen LogP contribution in [0.15, 0.2) is 0 Å². The van der Waals surface area contributed by atoms with E-state index < -0.39 is 0 Å². The number of nitrogens with zero attached hydrogens (tertiary/aromatic N) is 1. The van der Waals surface area contributed by atoms with E-state index in [-0.39, 0.29) is 11.2 Å². The smallest absolute Gasteiger partial charge is 0.0760 e. The van der Waals surface area contributed by atoms with Crippen LogP contribution < -0.4 is 5.32 Å². The monoisotopic (exact) mass is 256 g/mol. The lowest BCUT2D eigenvalue weighted by atomic mass is 9.98. The standard InChI is InChI=1S/C15H32N2O/c1-13(16-6)9-7-8-10-17-11-14(2,3)18-15(4,5)12-17/h13,16H,7-12H2,1-6H3. The van der Waals surface area contributed by atoms with Gasteiger partial charge in [0.1, 0.15) is 0 Å². The van der Waals surface area contributed by atoms with Gasteiger partial charge in [-0.05, 0) is 61.1 Å². The van der Waals surface area contributed by atoms with Crippen molar-refractivity contribution in [3.63, 3.8) is 0 Å². The number of unbranched alkanes of at least 4 members (excludes halogenated alkanes) is 1. The van der Waals surface area contributed by atoms with Crippen molar-refractivity contribution in [2.45, 2.75) is 71.1 Å². The van der Waals surface area contributed by atoms with Gasteiger partial charge in [-0.15, -0.1) is 0 Å². The summed E-state index contributed by atoms with van der Waals surface area (Å²) in [7, 11) is 2.04. The maximum Gasteiger partial charge on any atom is 0.0760 e. The Hall–Kier alpha value is -0.120. The van der Waals surface area contributed by atoms with E-state index >= 15 is 0 Å². The molecule has 1 fully saturated rings. The lowest BCUT2D eigenvalue weighted by Crippen LogP contribution is -2.57. The van der Waals surface area contributed by atoms with Gasteiger partial charge in [-0.3, -0.25) is 4.90 Å². The van der Waals surface area contributed by atoms with E-state index in [9.17, 15) is 0 Å². The minimum absolute atomic E-state index is 0.0139. The molecule has 1 saturated heterocycles. The Morgan fingerprint density at radius 2 is 1.67 bits per heavy atom. The highest BCUT2D eigenvalue weighted by Gasteiger charge is 2.37. The largest absolute Gasteiger partial charge is 0.367 e. The second-order valence-electron chi connectivity index (χ2n) is 7.02. The highest BCUT2D eigenvalue weighted by Crippen LogP contribution is 2.28. The molecule has 0 bridgehead atoms. The molecule has 0 aromatic carbocycles. The molecule has 0 aliphatic carbocycles. The molecule has 108 valence electrons. The first kappa shape index (κ1) is 15.9.